The second-order valence-corrected chi connectivity index (χ2v) is 10.4. The number of carbonyl (C=O) groups excluding carboxylic acids is 1. The fraction of sp³-hybridized carbons (Fsp3) is 0.381. The van der Waals surface area contributed by atoms with Gasteiger partial charge in [0.25, 0.3) is 5.91 Å². The summed E-state index contributed by atoms with van der Waals surface area (Å²) >= 11 is 3.44. The van der Waals surface area contributed by atoms with Crippen LogP contribution in [0.15, 0.2) is 46.9 Å². The maximum Gasteiger partial charge on any atom is 0.261 e. The van der Waals surface area contributed by atoms with Crippen molar-refractivity contribution >= 4 is 31.7 Å². The van der Waals surface area contributed by atoms with Crippen LogP contribution in [0.25, 0.3) is 0 Å². The lowest BCUT2D eigenvalue weighted by molar-refractivity contribution is -0.136. The molecular weight excluding hydrogens is 442 g/mol. The van der Waals surface area contributed by atoms with Crippen LogP contribution < -0.4 is 4.74 Å². The largest absolute Gasteiger partial charge is 0.484 e. The van der Waals surface area contributed by atoms with Crippen molar-refractivity contribution in [3.8, 4) is 5.75 Å². The van der Waals surface area contributed by atoms with E-state index >= 15 is 0 Å². The predicted octanol–water partition coefficient (Wildman–Crippen LogP) is 3.66. The summed E-state index contributed by atoms with van der Waals surface area (Å²) in [5, 5.41) is 0. The SMILES string of the molecule is Cc1ccc(OCC(=O)N(Cc2cccc(Br)c2)[C@@H]2CCS(=O)(=O)C2)cc1C. The molecule has 0 aromatic heterocycles. The number of rotatable bonds is 6. The highest BCUT2D eigenvalue weighted by Gasteiger charge is 2.34. The molecule has 150 valence electrons. The molecule has 0 unspecified atom stereocenters. The molecule has 0 aliphatic carbocycles. The molecule has 1 heterocycles. The number of nitrogens with zero attached hydrogens (tertiary/aromatic N) is 1. The van der Waals surface area contributed by atoms with Crippen molar-refractivity contribution in [1.29, 1.82) is 0 Å². The number of carbonyl (C=O) groups is 1. The second kappa shape index (κ2) is 8.66. The third-order valence-corrected chi connectivity index (χ3v) is 7.30. The van der Waals surface area contributed by atoms with Crippen molar-refractivity contribution in [1.82, 2.24) is 4.90 Å². The monoisotopic (exact) mass is 465 g/mol. The van der Waals surface area contributed by atoms with Gasteiger partial charge in [-0.25, -0.2) is 8.42 Å². The summed E-state index contributed by atoms with van der Waals surface area (Å²) in [5.74, 6) is 0.562. The van der Waals surface area contributed by atoms with Crippen LogP contribution in [0.2, 0.25) is 0 Å². The van der Waals surface area contributed by atoms with Gasteiger partial charge in [-0.15, -0.1) is 0 Å². The summed E-state index contributed by atoms with van der Waals surface area (Å²) in [6.45, 7) is 4.25. The molecule has 28 heavy (non-hydrogen) atoms. The minimum Gasteiger partial charge on any atom is -0.484 e. The van der Waals surface area contributed by atoms with Gasteiger partial charge in [-0.1, -0.05) is 34.1 Å². The number of amides is 1. The molecule has 3 rings (SSSR count). The lowest BCUT2D eigenvalue weighted by atomic mass is 10.1. The fourth-order valence-electron chi connectivity index (χ4n) is 3.31. The van der Waals surface area contributed by atoms with Gasteiger partial charge >= 0.3 is 0 Å². The highest BCUT2D eigenvalue weighted by molar-refractivity contribution is 9.10. The van der Waals surface area contributed by atoms with Crippen LogP contribution >= 0.6 is 15.9 Å². The lowest BCUT2D eigenvalue weighted by Crippen LogP contribution is -2.43. The van der Waals surface area contributed by atoms with Crippen molar-refractivity contribution < 1.29 is 17.9 Å². The van der Waals surface area contributed by atoms with Gasteiger partial charge in [-0.3, -0.25) is 4.79 Å². The number of sulfone groups is 1. The van der Waals surface area contributed by atoms with Gasteiger partial charge in [0.05, 0.1) is 11.5 Å². The number of benzene rings is 2. The summed E-state index contributed by atoms with van der Waals surface area (Å²) in [6.07, 6.45) is 0.464. The molecular formula is C21H24BrNO4S. The van der Waals surface area contributed by atoms with Gasteiger partial charge in [0.2, 0.25) is 0 Å². The van der Waals surface area contributed by atoms with Crippen molar-refractivity contribution in [2.75, 3.05) is 18.1 Å². The number of halogens is 1. The highest BCUT2D eigenvalue weighted by atomic mass is 79.9. The van der Waals surface area contributed by atoms with E-state index in [0.29, 0.717) is 18.7 Å². The van der Waals surface area contributed by atoms with Gasteiger partial charge in [0.1, 0.15) is 5.75 Å². The summed E-state index contributed by atoms with van der Waals surface area (Å²) in [5.41, 5.74) is 3.20. The van der Waals surface area contributed by atoms with Gasteiger partial charge < -0.3 is 9.64 Å². The molecule has 1 saturated heterocycles. The van der Waals surface area contributed by atoms with Gasteiger partial charge in [0, 0.05) is 17.1 Å². The van der Waals surface area contributed by atoms with Gasteiger partial charge in [0.15, 0.2) is 16.4 Å². The zero-order chi connectivity index (χ0) is 20.3. The van der Waals surface area contributed by atoms with E-state index in [4.69, 9.17) is 4.74 Å². The number of hydrogen-bond acceptors (Lipinski definition) is 4. The standard InChI is InChI=1S/C21H24BrNO4S/c1-15-6-7-20(10-16(15)2)27-13-21(24)23(19-8-9-28(25,26)14-19)12-17-4-3-5-18(22)11-17/h3-7,10-11,19H,8-9,12-14H2,1-2H3/t19-/m1/s1. The van der Waals surface area contributed by atoms with Crippen LogP contribution in [-0.2, 0) is 21.2 Å². The molecule has 0 saturated carbocycles. The summed E-state index contributed by atoms with van der Waals surface area (Å²) in [6, 6.07) is 13.1. The zero-order valence-corrected chi connectivity index (χ0v) is 18.4. The minimum absolute atomic E-state index is 0.0103. The molecule has 1 atom stereocenters. The molecule has 1 aliphatic heterocycles. The molecule has 5 nitrogen and oxygen atoms in total. The van der Waals surface area contributed by atoms with Crippen LogP contribution in [0.4, 0.5) is 0 Å². The van der Waals surface area contributed by atoms with E-state index in [0.717, 1.165) is 21.2 Å². The van der Waals surface area contributed by atoms with Crippen LogP contribution in [-0.4, -0.2) is 43.4 Å². The average Bonchev–Trinajstić information content (AvgIpc) is 3.00. The molecule has 2 aromatic carbocycles. The molecule has 1 amide bonds. The van der Waals surface area contributed by atoms with Crippen molar-refractivity contribution in [3.63, 3.8) is 0 Å². The maximum absolute atomic E-state index is 13.0. The molecule has 1 aliphatic rings. The Labute approximate surface area is 174 Å². The van der Waals surface area contributed by atoms with E-state index < -0.39 is 9.84 Å². The summed E-state index contributed by atoms with van der Waals surface area (Å²) in [4.78, 5) is 14.6. The Kier molecular flexibility index (Phi) is 6.45. The van der Waals surface area contributed by atoms with Gasteiger partial charge in [-0.05, 0) is 61.2 Å². The van der Waals surface area contributed by atoms with E-state index in [1.807, 2.05) is 56.3 Å². The molecule has 2 aromatic rings. The molecule has 0 bridgehead atoms. The second-order valence-electron chi connectivity index (χ2n) is 7.24. The fourth-order valence-corrected chi connectivity index (χ4v) is 5.48. The van der Waals surface area contributed by atoms with Crippen LogP contribution in [0.5, 0.6) is 5.75 Å². The molecule has 0 spiro atoms. The smallest absolute Gasteiger partial charge is 0.261 e. The number of aryl methyl sites for hydroxylation is 2. The first kappa shape index (κ1) is 20.9. The van der Waals surface area contributed by atoms with Gasteiger partial charge in [-0.2, -0.15) is 0 Å². The topological polar surface area (TPSA) is 63.7 Å². The van der Waals surface area contributed by atoms with E-state index in [9.17, 15) is 13.2 Å². The molecule has 0 N–H and O–H groups in total. The molecule has 7 heteroatoms. The van der Waals surface area contributed by atoms with Crippen molar-refractivity contribution in [2.45, 2.75) is 32.9 Å². The third kappa shape index (κ3) is 5.35. The van der Waals surface area contributed by atoms with E-state index in [1.54, 1.807) is 4.90 Å². The van der Waals surface area contributed by atoms with Crippen LogP contribution in [0.1, 0.15) is 23.1 Å². The average molecular weight is 466 g/mol. The van der Waals surface area contributed by atoms with Crippen molar-refractivity contribution in [3.05, 3.63) is 63.6 Å². The normalized spacial score (nSPS) is 18.0. The minimum atomic E-state index is -3.10. The first-order valence-corrected chi connectivity index (χ1v) is 11.8. The number of hydrogen-bond donors (Lipinski definition) is 0. The Morgan fingerprint density at radius 2 is 1.96 bits per heavy atom. The predicted molar refractivity (Wildman–Crippen MR) is 113 cm³/mol. The van der Waals surface area contributed by atoms with Crippen LogP contribution in [0.3, 0.4) is 0 Å². The van der Waals surface area contributed by atoms with E-state index in [2.05, 4.69) is 15.9 Å². The summed E-state index contributed by atoms with van der Waals surface area (Å²) < 4.78 is 30.5. The lowest BCUT2D eigenvalue weighted by Gasteiger charge is -2.28. The Morgan fingerprint density at radius 1 is 1.18 bits per heavy atom. The van der Waals surface area contributed by atoms with Crippen molar-refractivity contribution in [2.24, 2.45) is 0 Å². The molecule has 0 radical (unpaired) electrons. The quantitative estimate of drug-likeness (QED) is 0.652. The third-order valence-electron chi connectivity index (χ3n) is 5.05. The Bertz CT molecular complexity index is 974. The Morgan fingerprint density at radius 3 is 2.61 bits per heavy atom. The van der Waals surface area contributed by atoms with E-state index in [1.165, 1.54) is 0 Å². The molecule has 1 fully saturated rings. The first-order chi connectivity index (χ1) is 13.2. The van der Waals surface area contributed by atoms with E-state index in [-0.39, 0.29) is 30.1 Å². The first-order valence-electron chi connectivity index (χ1n) is 9.18. The van der Waals surface area contributed by atoms with Crippen LogP contribution in [0, 0.1) is 13.8 Å². The number of ether oxygens (including phenoxy) is 1. The zero-order valence-electron chi connectivity index (χ0n) is 16.0. The summed E-state index contributed by atoms with van der Waals surface area (Å²) in [7, 11) is -3.10. The highest BCUT2D eigenvalue weighted by Crippen LogP contribution is 2.22. The maximum atomic E-state index is 13.0. The Balaban J connectivity index is 1.75. The Hall–Kier alpha value is -1.86.